The molecule has 5 heteroatoms. The minimum Gasteiger partial charge on any atom is -0.355 e. The van der Waals surface area contributed by atoms with Crippen molar-refractivity contribution in [2.45, 2.75) is 51.5 Å². The first-order valence-electron chi connectivity index (χ1n) is 9.35. The summed E-state index contributed by atoms with van der Waals surface area (Å²) in [6, 6.07) is 5.69. The lowest BCUT2D eigenvalue weighted by Gasteiger charge is -2.31. The number of carbonyl (C=O) groups is 2. The van der Waals surface area contributed by atoms with Crippen molar-refractivity contribution in [2.75, 3.05) is 13.1 Å². The van der Waals surface area contributed by atoms with Gasteiger partial charge >= 0.3 is 0 Å². The lowest BCUT2D eigenvalue weighted by Crippen LogP contribution is -2.45. The van der Waals surface area contributed by atoms with E-state index in [9.17, 15) is 9.59 Å². The van der Waals surface area contributed by atoms with E-state index < -0.39 is 0 Å². The number of carbonyl (C=O) groups excluding carboxylic acids is 2. The molecule has 134 valence electrons. The molecule has 25 heavy (non-hydrogen) atoms. The summed E-state index contributed by atoms with van der Waals surface area (Å²) < 4.78 is 0. The van der Waals surface area contributed by atoms with Gasteiger partial charge < -0.3 is 10.2 Å². The van der Waals surface area contributed by atoms with Gasteiger partial charge in [0, 0.05) is 25.7 Å². The number of likely N-dealkylation sites (tertiary alicyclic amines) is 1. The molecular formula is C20H27N3O2. The number of allylic oxidation sites excluding steroid dienone is 1. The van der Waals surface area contributed by atoms with Gasteiger partial charge in [-0.05, 0) is 50.7 Å². The molecule has 0 bridgehead atoms. The number of hydrogen-bond acceptors (Lipinski definition) is 3. The highest BCUT2D eigenvalue weighted by molar-refractivity contribution is 5.83. The Bertz CT molecular complexity index is 627. The van der Waals surface area contributed by atoms with E-state index in [-0.39, 0.29) is 17.7 Å². The molecule has 2 aliphatic rings. The van der Waals surface area contributed by atoms with Crippen LogP contribution in [-0.2, 0) is 16.1 Å². The Kier molecular flexibility index (Phi) is 6.20. The Morgan fingerprint density at radius 1 is 1.28 bits per heavy atom. The van der Waals surface area contributed by atoms with E-state index in [4.69, 9.17) is 0 Å². The van der Waals surface area contributed by atoms with Gasteiger partial charge in [0.2, 0.25) is 11.8 Å². The van der Waals surface area contributed by atoms with Crippen molar-refractivity contribution >= 4 is 11.8 Å². The van der Waals surface area contributed by atoms with E-state index >= 15 is 0 Å². The number of aromatic nitrogens is 1. The number of nitrogens with zero attached hydrogens (tertiary/aromatic N) is 2. The van der Waals surface area contributed by atoms with Crippen molar-refractivity contribution in [1.82, 2.24) is 15.2 Å². The molecule has 1 unspecified atom stereocenters. The molecule has 3 rings (SSSR count). The van der Waals surface area contributed by atoms with Crippen LogP contribution in [0.5, 0.6) is 0 Å². The fraction of sp³-hybridized carbons (Fsp3) is 0.550. The van der Waals surface area contributed by atoms with E-state index in [0.717, 1.165) is 12.1 Å². The van der Waals surface area contributed by atoms with Crippen LogP contribution in [0.4, 0.5) is 0 Å². The number of amides is 2. The van der Waals surface area contributed by atoms with Gasteiger partial charge in [-0.1, -0.05) is 17.7 Å². The largest absolute Gasteiger partial charge is 0.355 e. The molecule has 1 aliphatic heterocycles. The number of pyridine rings is 1. The SMILES string of the molecule is O=C(NCCC1=CCCCC1)C1CCC(=O)N(Cc2ccccn2)C1. The maximum Gasteiger partial charge on any atom is 0.224 e. The van der Waals surface area contributed by atoms with Crippen molar-refractivity contribution in [3.8, 4) is 0 Å². The molecule has 1 fully saturated rings. The molecule has 0 saturated carbocycles. The Balaban J connectivity index is 1.47. The molecule has 1 N–H and O–H groups in total. The first-order chi connectivity index (χ1) is 12.2. The molecule has 2 heterocycles. The zero-order chi connectivity index (χ0) is 17.5. The molecule has 0 spiro atoms. The summed E-state index contributed by atoms with van der Waals surface area (Å²) in [5.74, 6) is 0.0822. The van der Waals surface area contributed by atoms with Gasteiger partial charge in [0.25, 0.3) is 0 Å². The molecular weight excluding hydrogens is 314 g/mol. The smallest absolute Gasteiger partial charge is 0.224 e. The molecule has 2 amide bonds. The van der Waals surface area contributed by atoms with Crippen LogP contribution in [0.25, 0.3) is 0 Å². The second kappa shape index (κ2) is 8.79. The third-order valence-corrected chi connectivity index (χ3v) is 5.08. The molecule has 1 aromatic heterocycles. The first kappa shape index (κ1) is 17.6. The Hall–Kier alpha value is -2.17. The lowest BCUT2D eigenvalue weighted by atomic mass is 9.95. The van der Waals surface area contributed by atoms with Crippen LogP contribution >= 0.6 is 0 Å². The minimum atomic E-state index is -0.109. The van der Waals surface area contributed by atoms with Crippen LogP contribution < -0.4 is 5.32 Å². The van der Waals surface area contributed by atoms with E-state index in [0.29, 0.717) is 32.5 Å². The molecule has 0 radical (unpaired) electrons. The maximum absolute atomic E-state index is 12.5. The van der Waals surface area contributed by atoms with Crippen LogP contribution in [-0.4, -0.2) is 34.8 Å². The molecule has 1 aromatic rings. The summed E-state index contributed by atoms with van der Waals surface area (Å²) in [7, 11) is 0. The van der Waals surface area contributed by atoms with Gasteiger partial charge in [-0.3, -0.25) is 14.6 Å². The summed E-state index contributed by atoms with van der Waals surface area (Å²) in [5.41, 5.74) is 2.34. The monoisotopic (exact) mass is 341 g/mol. The van der Waals surface area contributed by atoms with Crippen molar-refractivity contribution in [3.63, 3.8) is 0 Å². The van der Waals surface area contributed by atoms with Gasteiger partial charge in [-0.15, -0.1) is 0 Å². The van der Waals surface area contributed by atoms with Crippen molar-refractivity contribution < 1.29 is 9.59 Å². The number of nitrogens with one attached hydrogen (secondary N) is 1. The summed E-state index contributed by atoms with van der Waals surface area (Å²) in [6.45, 7) is 1.68. The van der Waals surface area contributed by atoms with Crippen LogP contribution in [0.3, 0.4) is 0 Å². The van der Waals surface area contributed by atoms with E-state index in [1.54, 1.807) is 11.1 Å². The predicted molar refractivity (Wildman–Crippen MR) is 96.6 cm³/mol. The van der Waals surface area contributed by atoms with Crippen molar-refractivity contribution in [1.29, 1.82) is 0 Å². The fourth-order valence-electron chi connectivity index (χ4n) is 3.59. The third-order valence-electron chi connectivity index (χ3n) is 5.08. The average Bonchev–Trinajstić information content (AvgIpc) is 2.65. The topological polar surface area (TPSA) is 62.3 Å². The van der Waals surface area contributed by atoms with Gasteiger partial charge in [-0.25, -0.2) is 0 Å². The Labute approximate surface area is 149 Å². The molecule has 0 aromatic carbocycles. The number of piperidine rings is 1. The van der Waals surface area contributed by atoms with E-state index in [1.165, 1.54) is 31.3 Å². The Morgan fingerprint density at radius 2 is 2.20 bits per heavy atom. The summed E-state index contributed by atoms with van der Waals surface area (Å²) in [5, 5.41) is 3.07. The maximum atomic E-state index is 12.5. The van der Waals surface area contributed by atoms with Crippen LogP contribution in [0.2, 0.25) is 0 Å². The summed E-state index contributed by atoms with van der Waals surface area (Å²) >= 11 is 0. The van der Waals surface area contributed by atoms with Crippen molar-refractivity contribution in [2.24, 2.45) is 5.92 Å². The number of hydrogen-bond donors (Lipinski definition) is 1. The third kappa shape index (κ3) is 5.15. The standard InChI is InChI=1S/C20H27N3O2/c24-19-10-9-17(14-23(19)15-18-8-4-5-12-21-18)20(25)22-13-11-16-6-2-1-3-7-16/h4-6,8,12,17H,1-3,7,9-11,13-15H2,(H,22,25). The van der Waals surface area contributed by atoms with Gasteiger partial charge in [0.1, 0.15) is 0 Å². The van der Waals surface area contributed by atoms with Crippen LogP contribution in [0, 0.1) is 5.92 Å². The van der Waals surface area contributed by atoms with Gasteiger partial charge in [0.05, 0.1) is 18.2 Å². The molecule has 1 atom stereocenters. The van der Waals surface area contributed by atoms with E-state index in [2.05, 4.69) is 16.4 Å². The first-order valence-corrected chi connectivity index (χ1v) is 9.35. The molecule has 1 aliphatic carbocycles. The summed E-state index contributed by atoms with van der Waals surface area (Å²) in [4.78, 5) is 30.6. The second-order valence-electron chi connectivity index (χ2n) is 6.98. The van der Waals surface area contributed by atoms with Crippen molar-refractivity contribution in [3.05, 3.63) is 41.7 Å². The van der Waals surface area contributed by atoms with E-state index in [1.807, 2.05) is 18.2 Å². The highest BCUT2D eigenvalue weighted by Gasteiger charge is 2.30. The Morgan fingerprint density at radius 3 is 2.96 bits per heavy atom. The predicted octanol–water partition coefficient (Wildman–Crippen LogP) is 2.83. The quantitative estimate of drug-likeness (QED) is 0.809. The van der Waals surface area contributed by atoms with Crippen LogP contribution in [0.1, 0.15) is 50.6 Å². The fourth-order valence-corrected chi connectivity index (χ4v) is 3.59. The molecule has 5 nitrogen and oxygen atoms in total. The van der Waals surface area contributed by atoms with Gasteiger partial charge in [-0.2, -0.15) is 0 Å². The average molecular weight is 341 g/mol. The highest BCUT2D eigenvalue weighted by Crippen LogP contribution is 2.21. The summed E-state index contributed by atoms with van der Waals surface area (Å²) in [6.07, 6.45) is 11.0. The zero-order valence-electron chi connectivity index (χ0n) is 14.7. The minimum absolute atomic E-state index is 0.0786. The second-order valence-corrected chi connectivity index (χ2v) is 6.98. The van der Waals surface area contributed by atoms with Crippen LogP contribution in [0.15, 0.2) is 36.0 Å². The number of rotatable bonds is 6. The van der Waals surface area contributed by atoms with Gasteiger partial charge in [0.15, 0.2) is 0 Å². The lowest BCUT2D eigenvalue weighted by molar-refractivity contribution is -0.138. The zero-order valence-corrected chi connectivity index (χ0v) is 14.7. The molecule has 1 saturated heterocycles. The highest BCUT2D eigenvalue weighted by atomic mass is 16.2. The normalized spacial score (nSPS) is 21.0.